The van der Waals surface area contributed by atoms with Gasteiger partial charge in [-0.2, -0.15) is 0 Å². The number of aromatic carboxylic acids is 1. The number of azo groups is 1. The number of carboxylic acid groups (broad SMARTS) is 1. The molecular formula is C16H10N6O3. The molecule has 122 valence electrons. The van der Waals surface area contributed by atoms with E-state index in [9.17, 15) is 15.0 Å². The third kappa shape index (κ3) is 2.43. The number of hydrogen-bond donors (Lipinski definition) is 3. The lowest BCUT2D eigenvalue weighted by atomic mass is 10.0. The molecule has 2 aromatic heterocycles. The monoisotopic (exact) mass is 334 g/mol. The highest BCUT2D eigenvalue weighted by molar-refractivity contribution is 6.08. The van der Waals surface area contributed by atoms with Gasteiger partial charge >= 0.3 is 5.97 Å². The zero-order valence-electron chi connectivity index (χ0n) is 12.6. The van der Waals surface area contributed by atoms with Gasteiger partial charge in [0.15, 0.2) is 11.4 Å². The highest BCUT2D eigenvalue weighted by Crippen LogP contribution is 2.37. The first-order valence-corrected chi connectivity index (χ1v) is 7.19. The number of rotatable bonds is 3. The Labute approximate surface area is 139 Å². The minimum absolute atomic E-state index is 0.0300. The summed E-state index contributed by atoms with van der Waals surface area (Å²) in [5.74, 6) is -1.47. The molecule has 0 fully saturated rings. The normalized spacial score (nSPS) is 11.5. The molecule has 0 spiro atoms. The number of carboxylic acids is 1. The van der Waals surface area contributed by atoms with Gasteiger partial charge in [-0.25, -0.2) is 19.7 Å². The molecule has 9 nitrogen and oxygen atoms in total. The number of nitrogens with one attached hydrogen (secondary N) is 1. The molecule has 0 aliphatic rings. The Bertz CT molecular complexity index is 1150. The Balaban J connectivity index is 1.88. The Hall–Kier alpha value is -3.88. The maximum atomic E-state index is 11.5. The zero-order chi connectivity index (χ0) is 17.4. The Morgan fingerprint density at radius 1 is 1.12 bits per heavy atom. The maximum absolute atomic E-state index is 11.5. The zero-order valence-corrected chi connectivity index (χ0v) is 12.6. The van der Waals surface area contributed by atoms with Crippen LogP contribution in [0, 0.1) is 0 Å². The van der Waals surface area contributed by atoms with Crippen LogP contribution < -0.4 is 0 Å². The summed E-state index contributed by atoms with van der Waals surface area (Å²) in [5, 5.41) is 28.8. The van der Waals surface area contributed by atoms with Crippen LogP contribution in [0.25, 0.3) is 21.9 Å². The summed E-state index contributed by atoms with van der Waals surface area (Å²) < 4.78 is 0. The van der Waals surface area contributed by atoms with Gasteiger partial charge < -0.3 is 15.2 Å². The number of H-pyrrole nitrogens is 1. The van der Waals surface area contributed by atoms with Crippen molar-refractivity contribution in [3.05, 3.63) is 48.5 Å². The SMILES string of the molecule is O=C(O)c1c(O)c(N=Nc2ncnc3nc[nH]c23)cc2ccccc12. The Morgan fingerprint density at radius 3 is 2.80 bits per heavy atom. The molecular weight excluding hydrogens is 324 g/mol. The van der Waals surface area contributed by atoms with E-state index in [-0.39, 0.29) is 17.1 Å². The largest absolute Gasteiger partial charge is 0.505 e. The summed E-state index contributed by atoms with van der Waals surface area (Å²) in [6.07, 6.45) is 2.74. The standard InChI is InChI=1S/C16H10N6O3/c23-13-10(5-8-3-1-2-4-9(8)11(13)16(24)25)21-22-15-12-14(18-6-17-12)19-7-20-15/h1-7,23H,(H,24,25)(H,17,18,19,20). The lowest BCUT2D eigenvalue weighted by Crippen LogP contribution is -1.98. The van der Waals surface area contributed by atoms with Crippen molar-refractivity contribution in [1.29, 1.82) is 0 Å². The van der Waals surface area contributed by atoms with E-state index >= 15 is 0 Å². The number of carbonyl (C=O) groups is 1. The van der Waals surface area contributed by atoms with E-state index in [0.29, 0.717) is 21.9 Å². The van der Waals surface area contributed by atoms with Gasteiger partial charge in [-0.05, 0) is 11.5 Å². The lowest BCUT2D eigenvalue weighted by Gasteiger charge is -2.07. The summed E-state index contributed by atoms with van der Waals surface area (Å²) in [4.78, 5) is 26.4. The topological polar surface area (TPSA) is 137 Å². The molecule has 4 rings (SSSR count). The second-order valence-electron chi connectivity index (χ2n) is 5.14. The highest BCUT2D eigenvalue weighted by Gasteiger charge is 2.18. The average Bonchev–Trinajstić information content (AvgIpc) is 3.09. The van der Waals surface area contributed by atoms with E-state index in [0.717, 1.165) is 0 Å². The summed E-state index contributed by atoms with van der Waals surface area (Å²) in [6, 6.07) is 8.39. The van der Waals surface area contributed by atoms with Crippen molar-refractivity contribution < 1.29 is 15.0 Å². The second kappa shape index (κ2) is 5.64. The van der Waals surface area contributed by atoms with Crippen LogP contribution in [-0.4, -0.2) is 36.1 Å². The number of aromatic amines is 1. The molecule has 0 atom stereocenters. The summed E-state index contributed by atoms with van der Waals surface area (Å²) in [7, 11) is 0. The fourth-order valence-corrected chi connectivity index (χ4v) is 2.54. The molecule has 0 amide bonds. The molecule has 0 saturated carbocycles. The number of benzene rings is 2. The fourth-order valence-electron chi connectivity index (χ4n) is 2.54. The van der Waals surface area contributed by atoms with E-state index in [1.807, 2.05) is 0 Å². The molecule has 0 bridgehead atoms. The number of phenols is 1. The van der Waals surface area contributed by atoms with Crippen molar-refractivity contribution >= 4 is 39.4 Å². The average molecular weight is 334 g/mol. The predicted octanol–water partition coefficient (Wildman–Crippen LogP) is 3.33. The van der Waals surface area contributed by atoms with Crippen molar-refractivity contribution in [2.24, 2.45) is 10.2 Å². The third-order valence-electron chi connectivity index (χ3n) is 3.67. The van der Waals surface area contributed by atoms with Gasteiger partial charge in [0.05, 0.1) is 6.33 Å². The fraction of sp³-hybridized carbons (Fsp3) is 0. The van der Waals surface area contributed by atoms with Gasteiger partial charge in [0.25, 0.3) is 0 Å². The molecule has 0 aliphatic heterocycles. The van der Waals surface area contributed by atoms with E-state index in [1.54, 1.807) is 30.3 Å². The number of imidazole rings is 1. The minimum atomic E-state index is -1.25. The Kier molecular flexibility index (Phi) is 3.31. The first-order chi connectivity index (χ1) is 12.1. The van der Waals surface area contributed by atoms with Crippen LogP contribution in [0.1, 0.15) is 10.4 Å². The smallest absolute Gasteiger partial charge is 0.340 e. The van der Waals surface area contributed by atoms with E-state index < -0.39 is 11.7 Å². The molecule has 9 heteroatoms. The van der Waals surface area contributed by atoms with Crippen molar-refractivity contribution in [3.63, 3.8) is 0 Å². The van der Waals surface area contributed by atoms with Gasteiger partial charge in [-0.3, -0.25) is 0 Å². The number of aromatic nitrogens is 4. The van der Waals surface area contributed by atoms with Crippen LogP contribution >= 0.6 is 0 Å². The second-order valence-corrected chi connectivity index (χ2v) is 5.14. The molecule has 2 aromatic carbocycles. The predicted molar refractivity (Wildman–Crippen MR) is 88.4 cm³/mol. The van der Waals surface area contributed by atoms with Crippen molar-refractivity contribution in [3.8, 4) is 5.75 Å². The molecule has 2 heterocycles. The van der Waals surface area contributed by atoms with Crippen molar-refractivity contribution in [1.82, 2.24) is 19.9 Å². The highest BCUT2D eigenvalue weighted by atomic mass is 16.4. The van der Waals surface area contributed by atoms with E-state index in [1.165, 1.54) is 12.7 Å². The van der Waals surface area contributed by atoms with Gasteiger partial charge in [-0.1, -0.05) is 24.3 Å². The summed E-state index contributed by atoms with van der Waals surface area (Å²) in [6.45, 7) is 0. The molecule has 4 aromatic rings. The molecule has 0 aliphatic carbocycles. The maximum Gasteiger partial charge on any atom is 0.340 e. The van der Waals surface area contributed by atoms with E-state index in [2.05, 4.69) is 30.2 Å². The molecule has 0 unspecified atom stereocenters. The van der Waals surface area contributed by atoms with Crippen LogP contribution in [0.15, 0.2) is 53.2 Å². The van der Waals surface area contributed by atoms with Gasteiger partial charge in [0, 0.05) is 5.39 Å². The number of fused-ring (bicyclic) bond motifs is 2. The van der Waals surface area contributed by atoms with Crippen LogP contribution in [0.5, 0.6) is 5.75 Å². The van der Waals surface area contributed by atoms with Crippen molar-refractivity contribution in [2.75, 3.05) is 0 Å². The third-order valence-corrected chi connectivity index (χ3v) is 3.67. The lowest BCUT2D eigenvalue weighted by molar-refractivity contribution is 0.0696. The van der Waals surface area contributed by atoms with Crippen LogP contribution in [-0.2, 0) is 0 Å². The minimum Gasteiger partial charge on any atom is -0.505 e. The van der Waals surface area contributed by atoms with Crippen LogP contribution in [0.2, 0.25) is 0 Å². The quantitative estimate of drug-likeness (QED) is 0.491. The van der Waals surface area contributed by atoms with Gasteiger partial charge in [0.1, 0.15) is 23.1 Å². The van der Waals surface area contributed by atoms with Crippen LogP contribution in [0.3, 0.4) is 0 Å². The molecule has 25 heavy (non-hydrogen) atoms. The number of nitrogens with zero attached hydrogens (tertiary/aromatic N) is 5. The van der Waals surface area contributed by atoms with Gasteiger partial charge in [0.2, 0.25) is 5.82 Å². The summed E-state index contributed by atoms with van der Waals surface area (Å²) in [5.41, 5.74) is 0.728. The molecule has 0 radical (unpaired) electrons. The first kappa shape index (κ1) is 14.7. The Morgan fingerprint density at radius 2 is 1.96 bits per heavy atom. The molecule has 3 N–H and O–H groups in total. The van der Waals surface area contributed by atoms with Crippen molar-refractivity contribution in [2.45, 2.75) is 0 Å². The number of aromatic hydroxyl groups is 1. The number of hydrogen-bond acceptors (Lipinski definition) is 7. The van der Waals surface area contributed by atoms with Crippen LogP contribution in [0.4, 0.5) is 11.5 Å². The van der Waals surface area contributed by atoms with E-state index in [4.69, 9.17) is 0 Å². The summed E-state index contributed by atoms with van der Waals surface area (Å²) >= 11 is 0. The molecule has 0 saturated heterocycles. The van der Waals surface area contributed by atoms with Gasteiger partial charge in [-0.15, -0.1) is 10.2 Å². The first-order valence-electron chi connectivity index (χ1n) is 7.19.